The highest BCUT2D eigenvalue weighted by Gasteiger charge is 2.25. The van der Waals surface area contributed by atoms with Crippen molar-refractivity contribution in [2.45, 2.75) is 32.4 Å². The monoisotopic (exact) mass is 255 g/mol. The van der Waals surface area contributed by atoms with Crippen LogP contribution in [0.2, 0.25) is 0 Å². The first-order valence-corrected chi connectivity index (χ1v) is 6.92. The standard InChI is InChI=1S/C12H21N3OS/c1-9-11(17-12(13-9)14(2)3)7-15-6-4-5-10(15)8-16/h10,16H,4-8H2,1-3H3/t10-/m0/s1. The van der Waals surface area contributed by atoms with Gasteiger partial charge >= 0.3 is 0 Å². The molecule has 5 heteroatoms. The van der Waals surface area contributed by atoms with E-state index in [1.807, 2.05) is 14.1 Å². The van der Waals surface area contributed by atoms with Gasteiger partial charge in [0.15, 0.2) is 5.13 Å². The van der Waals surface area contributed by atoms with Crippen LogP contribution >= 0.6 is 11.3 Å². The number of likely N-dealkylation sites (tertiary alicyclic amines) is 1. The molecular weight excluding hydrogens is 234 g/mol. The van der Waals surface area contributed by atoms with Gasteiger partial charge in [-0.2, -0.15) is 0 Å². The van der Waals surface area contributed by atoms with E-state index < -0.39 is 0 Å². The number of hydrogen-bond donors (Lipinski definition) is 1. The van der Waals surface area contributed by atoms with Crippen molar-refractivity contribution in [1.82, 2.24) is 9.88 Å². The zero-order valence-corrected chi connectivity index (χ0v) is 11.6. The summed E-state index contributed by atoms with van der Waals surface area (Å²) in [6.45, 7) is 4.38. The number of nitrogens with zero attached hydrogens (tertiary/aromatic N) is 3. The Balaban J connectivity index is 2.07. The largest absolute Gasteiger partial charge is 0.395 e. The van der Waals surface area contributed by atoms with Gasteiger partial charge in [-0.15, -0.1) is 11.3 Å². The molecule has 4 nitrogen and oxygen atoms in total. The second kappa shape index (κ2) is 5.33. The zero-order valence-electron chi connectivity index (χ0n) is 10.8. The summed E-state index contributed by atoms with van der Waals surface area (Å²) in [5.41, 5.74) is 1.13. The first-order valence-electron chi connectivity index (χ1n) is 6.10. The molecule has 1 N–H and O–H groups in total. The Morgan fingerprint density at radius 3 is 2.88 bits per heavy atom. The van der Waals surface area contributed by atoms with Crippen molar-refractivity contribution in [3.8, 4) is 0 Å². The van der Waals surface area contributed by atoms with E-state index in [-0.39, 0.29) is 6.61 Å². The number of hydrogen-bond acceptors (Lipinski definition) is 5. The lowest BCUT2D eigenvalue weighted by atomic mass is 10.2. The highest BCUT2D eigenvalue weighted by atomic mass is 32.1. The second-order valence-electron chi connectivity index (χ2n) is 4.85. The van der Waals surface area contributed by atoms with Crippen molar-refractivity contribution in [3.63, 3.8) is 0 Å². The van der Waals surface area contributed by atoms with Crippen molar-refractivity contribution in [3.05, 3.63) is 10.6 Å². The van der Waals surface area contributed by atoms with Crippen molar-refractivity contribution in [2.24, 2.45) is 0 Å². The Labute approximate surface area is 107 Å². The van der Waals surface area contributed by atoms with Crippen LogP contribution in [0.1, 0.15) is 23.4 Å². The van der Waals surface area contributed by atoms with E-state index in [1.54, 1.807) is 11.3 Å². The van der Waals surface area contributed by atoms with Gasteiger partial charge in [0, 0.05) is 31.6 Å². The molecule has 0 spiro atoms. The topological polar surface area (TPSA) is 39.6 Å². The molecule has 0 aliphatic carbocycles. The van der Waals surface area contributed by atoms with Crippen LogP contribution in [-0.2, 0) is 6.54 Å². The molecule has 96 valence electrons. The maximum absolute atomic E-state index is 9.32. The molecule has 0 aromatic carbocycles. The zero-order chi connectivity index (χ0) is 12.4. The van der Waals surface area contributed by atoms with Crippen molar-refractivity contribution in [1.29, 1.82) is 0 Å². The summed E-state index contributed by atoms with van der Waals surface area (Å²) < 4.78 is 0. The molecule has 0 saturated carbocycles. The summed E-state index contributed by atoms with van der Waals surface area (Å²) >= 11 is 1.76. The van der Waals surface area contributed by atoms with E-state index in [1.165, 1.54) is 11.3 Å². The minimum Gasteiger partial charge on any atom is -0.395 e. The summed E-state index contributed by atoms with van der Waals surface area (Å²) in [6.07, 6.45) is 2.32. The van der Waals surface area contributed by atoms with Crippen LogP contribution in [-0.4, -0.2) is 48.3 Å². The molecule has 1 aliphatic rings. The first kappa shape index (κ1) is 12.8. The molecule has 2 heterocycles. The highest BCUT2D eigenvalue weighted by molar-refractivity contribution is 7.15. The van der Waals surface area contributed by atoms with E-state index >= 15 is 0 Å². The van der Waals surface area contributed by atoms with Crippen LogP contribution < -0.4 is 4.90 Å². The quantitative estimate of drug-likeness (QED) is 0.884. The maximum atomic E-state index is 9.32. The second-order valence-corrected chi connectivity index (χ2v) is 5.91. The molecule has 17 heavy (non-hydrogen) atoms. The van der Waals surface area contributed by atoms with Crippen LogP contribution in [0.25, 0.3) is 0 Å². The third kappa shape index (κ3) is 2.78. The number of aryl methyl sites for hydroxylation is 1. The average Bonchev–Trinajstić information content (AvgIpc) is 2.87. The van der Waals surface area contributed by atoms with Crippen molar-refractivity contribution in [2.75, 3.05) is 32.1 Å². The van der Waals surface area contributed by atoms with E-state index in [2.05, 4.69) is 21.7 Å². The summed E-state index contributed by atoms with van der Waals surface area (Å²) in [5, 5.41) is 10.4. The number of aromatic nitrogens is 1. The predicted molar refractivity (Wildman–Crippen MR) is 71.7 cm³/mol. The van der Waals surface area contributed by atoms with Gasteiger partial charge < -0.3 is 10.0 Å². The third-order valence-electron chi connectivity index (χ3n) is 3.32. The van der Waals surface area contributed by atoms with E-state index in [0.717, 1.165) is 30.3 Å². The molecule has 1 saturated heterocycles. The van der Waals surface area contributed by atoms with Crippen molar-refractivity contribution >= 4 is 16.5 Å². The van der Waals surface area contributed by atoms with E-state index in [0.29, 0.717) is 6.04 Å². The summed E-state index contributed by atoms with van der Waals surface area (Å²) in [7, 11) is 4.04. The fourth-order valence-corrected chi connectivity index (χ4v) is 3.25. The Hall–Kier alpha value is -0.650. The van der Waals surface area contributed by atoms with Crippen LogP contribution in [0.5, 0.6) is 0 Å². The molecule has 2 rings (SSSR count). The van der Waals surface area contributed by atoms with Gasteiger partial charge in [0.25, 0.3) is 0 Å². The van der Waals surface area contributed by atoms with Crippen LogP contribution in [0, 0.1) is 6.92 Å². The minimum atomic E-state index is 0.276. The molecule has 0 unspecified atom stereocenters. The Kier molecular flexibility index (Phi) is 4.01. The normalized spacial score (nSPS) is 21.1. The van der Waals surface area contributed by atoms with Gasteiger partial charge in [-0.3, -0.25) is 4.90 Å². The number of aliphatic hydroxyl groups is 1. The Bertz CT molecular complexity index is 378. The molecule has 1 atom stereocenters. The highest BCUT2D eigenvalue weighted by Crippen LogP contribution is 2.28. The van der Waals surface area contributed by atoms with Gasteiger partial charge in [-0.05, 0) is 26.3 Å². The number of rotatable bonds is 4. The van der Waals surface area contributed by atoms with Gasteiger partial charge in [0.05, 0.1) is 12.3 Å². The first-order chi connectivity index (χ1) is 8.11. The maximum Gasteiger partial charge on any atom is 0.185 e. The summed E-state index contributed by atoms with van der Waals surface area (Å²) in [6, 6.07) is 0.347. The molecule has 0 bridgehead atoms. The minimum absolute atomic E-state index is 0.276. The summed E-state index contributed by atoms with van der Waals surface area (Å²) in [4.78, 5) is 10.3. The number of aliphatic hydroxyl groups excluding tert-OH is 1. The SMILES string of the molecule is Cc1nc(N(C)C)sc1CN1CCC[C@H]1CO. The summed E-state index contributed by atoms with van der Waals surface area (Å²) in [5.74, 6) is 0. The average molecular weight is 255 g/mol. The van der Waals surface area contributed by atoms with Gasteiger partial charge in [-0.1, -0.05) is 0 Å². The molecule has 0 amide bonds. The predicted octanol–water partition coefficient (Wildman–Crippen LogP) is 1.47. The smallest absolute Gasteiger partial charge is 0.185 e. The Morgan fingerprint density at radius 2 is 2.29 bits per heavy atom. The van der Waals surface area contributed by atoms with Crippen LogP contribution in [0.4, 0.5) is 5.13 Å². The van der Waals surface area contributed by atoms with Crippen LogP contribution in [0.3, 0.4) is 0 Å². The number of thiazole rings is 1. The third-order valence-corrected chi connectivity index (χ3v) is 4.63. The molecule has 1 aromatic heterocycles. The lowest BCUT2D eigenvalue weighted by Crippen LogP contribution is -2.31. The fraction of sp³-hybridized carbons (Fsp3) is 0.750. The molecular formula is C12H21N3OS. The lowest BCUT2D eigenvalue weighted by Gasteiger charge is -2.21. The van der Waals surface area contributed by atoms with E-state index in [9.17, 15) is 5.11 Å². The molecule has 1 aliphatic heterocycles. The van der Waals surface area contributed by atoms with Gasteiger partial charge in [-0.25, -0.2) is 4.98 Å². The fourth-order valence-electron chi connectivity index (χ4n) is 2.25. The molecule has 0 radical (unpaired) electrons. The van der Waals surface area contributed by atoms with E-state index in [4.69, 9.17) is 0 Å². The number of anilines is 1. The van der Waals surface area contributed by atoms with Gasteiger partial charge in [0.1, 0.15) is 0 Å². The van der Waals surface area contributed by atoms with Gasteiger partial charge in [0.2, 0.25) is 0 Å². The van der Waals surface area contributed by atoms with Crippen molar-refractivity contribution < 1.29 is 5.11 Å². The molecule has 1 fully saturated rings. The lowest BCUT2D eigenvalue weighted by molar-refractivity contribution is 0.154. The Morgan fingerprint density at radius 1 is 1.53 bits per heavy atom. The molecule has 1 aromatic rings. The van der Waals surface area contributed by atoms with Crippen LogP contribution in [0.15, 0.2) is 0 Å².